The van der Waals surface area contributed by atoms with Crippen LogP contribution in [-0.2, 0) is 4.79 Å². The first kappa shape index (κ1) is 11.3. The van der Waals surface area contributed by atoms with Crippen LogP contribution in [0.2, 0.25) is 0 Å². The van der Waals surface area contributed by atoms with Crippen LogP contribution in [0, 0.1) is 0 Å². The summed E-state index contributed by atoms with van der Waals surface area (Å²) in [6, 6.07) is 0. The largest absolute Gasteiger partial charge is 0.480 e. The van der Waals surface area contributed by atoms with Crippen molar-refractivity contribution in [2.75, 3.05) is 0 Å². The van der Waals surface area contributed by atoms with Crippen molar-refractivity contribution in [3.05, 3.63) is 0 Å². The summed E-state index contributed by atoms with van der Waals surface area (Å²) in [6.45, 7) is 1.51. The summed E-state index contributed by atoms with van der Waals surface area (Å²) in [5.41, 5.74) is 0. The average Bonchev–Trinajstić information content (AvgIpc) is 1.36. The van der Waals surface area contributed by atoms with Crippen LogP contribution in [0.4, 0.5) is 0 Å². The Morgan fingerprint density at radius 2 is 2.00 bits per heavy atom. The van der Waals surface area contributed by atoms with E-state index in [-0.39, 0.29) is 51.4 Å². The molecule has 1 radical (unpaired) electrons. The van der Waals surface area contributed by atoms with Gasteiger partial charge in [-0.3, -0.25) is 4.79 Å². The Hall–Kier alpha value is 1.46. The molecule has 0 amide bonds. The number of carboxylic acids is 1. The Balaban J connectivity index is 0. The van der Waals surface area contributed by atoms with Crippen molar-refractivity contribution in [2.45, 2.75) is 12.2 Å². The molecular formula is C3H6KO2S. The first-order valence-corrected chi connectivity index (χ1v) is 2.07. The Morgan fingerprint density at radius 1 is 1.86 bits per heavy atom. The molecule has 37 valence electrons. The van der Waals surface area contributed by atoms with Gasteiger partial charge in [-0.2, -0.15) is 12.6 Å². The van der Waals surface area contributed by atoms with Crippen LogP contribution >= 0.6 is 12.6 Å². The molecular weight excluding hydrogens is 139 g/mol. The zero-order valence-electron chi connectivity index (χ0n) is 4.38. The van der Waals surface area contributed by atoms with Crippen LogP contribution in [0.15, 0.2) is 0 Å². The molecule has 0 aliphatic carbocycles. The number of carbonyl (C=O) groups is 1. The average molecular weight is 145 g/mol. The van der Waals surface area contributed by atoms with Crippen LogP contribution in [0.1, 0.15) is 6.92 Å². The second-order valence-electron chi connectivity index (χ2n) is 1.01. The van der Waals surface area contributed by atoms with Crippen molar-refractivity contribution in [1.82, 2.24) is 0 Å². The van der Waals surface area contributed by atoms with Gasteiger partial charge in [-0.05, 0) is 6.92 Å². The van der Waals surface area contributed by atoms with Gasteiger partial charge in [-0.1, -0.05) is 0 Å². The summed E-state index contributed by atoms with van der Waals surface area (Å²) >= 11 is 3.59. The van der Waals surface area contributed by atoms with E-state index in [4.69, 9.17) is 5.11 Å². The molecule has 0 bridgehead atoms. The minimum Gasteiger partial charge on any atom is -0.480 e. The number of aliphatic carboxylic acids is 1. The zero-order chi connectivity index (χ0) is 5.15. The molecule has 0 heterocycles. The third-order valence-corrected chi connectivity index (χ3v) is 0.578. The molecule has 1 atom stereocenters. The molecule has 0 rings (SSSR count). The zero-order valence-corrected chi connectivity index (χ0v) is 8.40. The molecule has 0 aromatic rings. The van der Waals surface area contributed by atoms with E-state index in [9.17, 15) is 4.79 Å². The number of hydrogen-bond donors (Lipinski definition) is 2. The third-order valence-electron chi connectivity index (χ3n) is 0.357. The van der Waals surface area contributed by atoms with Gasteiger partial charge in [0.2, 0.25) is 0 Å². The molecule has 1 unspecified atom stereocenters. The van der Waals surface area contributed by atoms with E-state index < -0.39 is 11.2 Å². The maximum Gasteiger partial charge on any atom is 0.316 e. The summed E-state index contributed by atoms with van der Waals surface area (Å²) in [5, 5.41) is 7.38. The normalized spacial score (nSPS) is 11.7. The van der Waals surface area contributed by atoms with E-state index in [1.165, 1.54) is 6.92 Å². The van der Waals surface area contributed by atoms with Gasteiger partial charge in [0, 0.05) is 51.4 Å². The monoisotopic (exact) mass is 145 g/mol. The fourth-order valence-corrected chi connectivity index (χ4v) is 0. The van der Waals surface area contributed by atoms with Crippen molar-refractivity contribution in [3.8, 4) is 0 Å². The van der Waals surface area contributed by atoms with Gasteiger partial charge in [0.25, 0.3) is 0 Å². The number of rotatable bonds is 1. The van der Waals surface area contributed by atoms with Crippen molar-refractivity contribution in [3.63, 3.8) is 0 Å². The fourth-order valence-electron chi connectivity index (χ4n) is 0. The van der Waals surface area contributed by atoms with E-state index >= 15 is 0 Å². The van der Waals surface area contributed by atoms with E-state index in [1.54, 1.807) is 0 Å². The van der Waals surface area contributed by atoms with Crippen LogP contribution in [0.5, 0.6) is 0 Å². The second kappa shape index (κ2) is 5.59. The standard InChI is InChI=1S/C3H6O2S.K/c1-2(6)3(4)5;/h2,6H,1H3,(H,4,5);. The van der Waals surface area contributed by atoms with Crippen molar-refractivity contribution < 1.29 is 9.90 Å². The van der Waals surface area contributed by atoms with Crippen LogP contribution in [0.3, 0.4) is 0 Å². The topological polar surface area (TPSA) is 37.3 Å². The fraction of sp³-hybridized carbons (Fsp3) is 0.667. The number of carboxylic acid groups (broad SMARTS) is 1. The Kier molecular flexibility index (Phi) is 9.01. The van der Waals surface area contributed by atoms with E-state index in [1.807, 2.05) is 0 Å². The van der Waals surface area contributed by atoms with Crippen LogP contribution in [-0.4, -0.2) is 67.7 Å². The van der Waals surface area contributed by atoms with Gasteiger partial charge in [0.1, 0.15) is 0 Å². The molecule has 0 aromatic heterocycles. The minimum atomic E-state index is -0.877. The van der Waals surface area contributed by atoms with E-state index in [2.05, 4.69) is 12.6 Å². The van der Waals surface area contributed by atoms with Gasteiger partial charge in [0.15, 0.2) is 0 Å². The summed E-state index contributed by atoms with van der Waals surface area (Å²) < 4.78 is 0. The Morgan fingerprint density at radius 3 is 2.00 bits per heavy atom. The van der Waals surface area contributed by atoms with Gasteiger partial charge in [0.05, 0.1) is 5.25 Å². The molecule has 0 fully saturated rings. The summed E-state index contributed by atoms with van der Waals surface area (Å²) in [6.07, 6.45) is 0. The predicted octanol–water partition coefficient (Wildman–Crippen LogP) is 0.00850. The van der Waals surface area contributed by atoms with Crippen molar-refractivity contribution in [2.24, 2.45) is 0 Å². The smallest absolute Gasteiger partial charge is 0.316 e. The van der Waals surface area contributed by atoms with Crippen LogP contribution < -0.4 is 0 Å². The van der Waals surface area contributed by atoms with Gasteiger partial charge in [-0.15, -0.1) is 0 Å². The van der Waals surface area contributed by atoms with Gasteiger partial charge >= 0.3 is 5.97 Å². The molecule has 0 spiro atoms. The summed E-state index contributed by atoms with van der Waals surface area (Å²) in [4.78, 5) is 9.62. The Labute approximate surface area is 90.5 Å². The van der Waals surface area contributed by atoms with E-state index in [0.29, 0.717) is 0 Å². The van der Waals surface area contributed by atoms with E-state index in [0.717, 1.165) is 0 Å². The van der Waals surface area contributed by atoms with Crippen molar-refractivity contribution >= 4 is 70.0 Å². The number of hydrogen-bond acceptors (Lipinski definition) is 2. The van der Waals surface area contributed by atoms with Gasteiger partial charge < -0.3 is 5.11 Å². The summed E-state index contributed by atoms with van der Waals surface area (Å²) in [7, 11) is 0. The maximum absolute atomic E-state index is 9.62. The maximum atomic E-state index is 9.62. The molecule has 0 aliphatic rings. The van der Waals surface area contributed by atoms with Gasteiger partial charge in [-0.25, -0.2) is 0 Å². The SMILES string of the molecule is CC(S)C(=O)O.[K]. The molecule has 2 nitrogen and oxygen atoms in total. The third kappa shape index (κ3) is 7.46. The second-order valence-corrected chi connectivity index (χ2v) is 1.79. The van der Waals surface area contributed by atoms with Crippen molar-refractivity contribution in [1.29, 1.82) is 0 Å². The first-order chi connectivity index (χ1) is 2.64. The molecule has 7 heavy (non-hydrogen) atoms. The minimum absolute atomic E-state index is 0. The molecule has 0 saturated heterocycles. The first-order valence-electron chi connectivity index (χ1n) is 1.55. The molecule has 4 heteroatoms. The number of thiol groups is 1. The Bertz CT molecular complexity index is 64.0. The quantitative estimate of drug-likeness (QED) is 0.403. The predicted molar refractivity (Wildman–Crippen MR) is 31.8 cm³/mol. The molecule has 0 saturated carbocycles. The van der Waals surface area contributed by atoms with Crippen LogP contribution in [0.25, 0.3) is 0 Å². The molecule has 0 aromatic carbocycles. The molecule has 1 N–H and O–H groups in total. The summed E-state index contributed by atoms with van der Waals surface area (Å²) in [5.74, 6) is -0.877. The molecule has 0 aliphatic heterocycles.